The van der Waals surface area contributed by atoms with E-state index in [0.29, 0.717) is 0 Å². The van der Waals surface area contributed by atoms with Gasteiger partial charge in [-0.2, -0.15) is 0 Å². The molecule has 5 N–H and O–H groups in total. The van der Waals surface area contributed by atoms with Gasteiger partial charge in [0.15, 0.2) is 0 Å². The molecule has 0 aliphatic carbocycles. The van der Waals surface area contributed by atoms with Crippen LogP contribution in [0.1, 0.15) is 6.92 Å². The molecule has 10 nitrogen and oxygen atoms in total. The monoisotopic (exact) mass is 323 g/mol. The van der Waals surface area contributed by atoms with Gasteiger partial charge in [-0.3, -0.25) is 9.36 Å². The van der Waals surface area contributed by atoms with Crippen molar-refractivity contribution in [2.24, 2.45) is 0 Å². The fraction of sp³-hybridized carbons (Fsp3) is 0.750. The van der Waals surface area contributed by atoms with Crippen molar-refractivity contribution >= 4 is 20.0 Å². The number of aliphatic hydroxyl groups is 3. The Bertz CT molecular complexity index is 362. The molecule has 0 saturated carbocycles. The molecule has 20 heavy (non-hydrogen) atoms. The molecule has 0 aliphatic heterocycles. The number of rotatable bonds is 8. The summed E-state index contributed by atoms with van der Waals surface area (Å²) in [6.07, 6.45) is -5.63. The normalized spacial score (nSPS) is 19.7. The molecule has 0 spiro atoms. The van der Waals surface area contributed by atoms with Crippen molar-refractivity contribution in [3.63, 3.8) is 0 Å². The van der Waals surface area contributed by atoms with Crippen LogP contribution in [0.4, 0.5) is 0 Å². The quantitative estimate of drug-likeness (QED) is 0.165. The number of hydrogen-bond donors (Lipinski definition) is 5. The number of phosphoric ester groups is 1. The van der Waals surface area contributed by atoms with Crippen molar-refractivity contribution in [1.29, 1.82) is 0 Å². The van der Waals surface area contributed by atoms with Crippen molar-refractivity contribution < 1.29 is 73.3 Å². The largest absolute Gasteiger partial charge is 1.00 e. The summed E-state index contributed by atoms with van der Waals surface area (Å²) in [4.78, 5) is 39.8. The first-order chi connectivity index (χ1) is 8.58. The molecule has 1 amide bonds. The fourth-order valence-corrected chi connectivity index (χ4v) is 1.48. The SMILES string of the molecule is CC(=O)N[C@H](C=O)[C@@H](O)[C@H](O)[C@H](O)COP(=O)([O-])O.[Na+]. The summed E-state index contributed by atoms with van der Waals surface area (Å²) >= 11 is 0. The summed E-state index contributed by atoms with van der Waals surface area (Å²) in [7, 11) is -5.08. The number of aldehydes is 1. The van der Waals surface area contributed by atoms with E-state index in [1.165, 1.54) is 0 Å². The van der Waals surface area contributed by atoms with Gasteiger partial charge in [-0.15, -0.1) is 0 Å². The second-order valence-corrected chi connectivity index (χ2v) is 4.87. The molecule has 1 unspecified atom stereocenters. The molecule has 0 aromatic heterocycles. The van der Waals surface area contributed by atoms with Gasteiger partial charge in [0.1, 0.15) is 30.6 Å². The number of hydrogen-bond acceptors (Lipinski definition) is 8. The molecule has 112 valence electrons. The van der Waals surface area contributed by atoms with Crippen LogP contribution in [-0.4, -0.2) is 63.4 Å². The van der Waals surface area contributed by atoms with Crippen molar-refractivity contribution in [2.75, 3.05) is 6.61 Å². The second kappa shape index (κ2) is 9.96. The number of amides is 1. The van der Waals surface area contributed by atoms with E-state index in [1.54, 1.807) is 0 Å². The van der Waals surface area contributed by atoms with Gasteiger partial charge in [0.25, 0.3) is 7.82 Å². The van der Waals surface area contributed by atoms with Crippen LogP contribution in [-0.2, 0) is 18.7 Å². The summed E-state index contributed by atoms with van der Waals surface area (Å²) in [5, 5.41) is 30.2. The molecule has 12 heteroatoms. The molecule has 0 fully saturated rings. The van der Waals surface area contributed by atoms with Crippen LogP contribution < -0.4 is 39.8 Å². The standard InChI is InChI=1S/C8H16NO9P.Na/c1-4(11)9-5(2-10)7(13)8(14)6(12)3-18-19(15,16)17;/h2,5-8,12-14H,3H2,1H3,(H,9,11)(H2,15,16,17);/q;+1/p-1/t5-,6-,7-,8-;/m1./s1. The third-order valence-corrected chi connectivity index (χ3v) is 2.51. The molecule has 0 aromatic carbocycles. The van der Waals surface area contributed by atoms with E-state index in [2.05, 4.69) is 4.52 Å². The van der Waals surface area contributed by atoms with Crippen LogP contribution in [0.25, 0.3) is 0 Å². The number of carbonyl (C=O) groups is 2. The third kappa shape index (κ3) is 9.14. The number of aliphatic hydroxyl groups excluding tert-OH is 3. The Hall–Kier alpha value is 0.130. The van der Waals surface area contributed by atoms with Gasteiger partial charge in [0, 0.05) is 6.92 Å². The number of carbonyl (C=O) groups excluding carboxylic acids is 2. The first-order valence-corrected chi connectivity index (χ1v) is 6.53. The zero-order valence-electron chi connectivity index (χ0n) is 10.9. The van der Waals surface area contributed by atoms with Crippen LogP contribution in [0.15, 0.2) is 0 Å². The van der Waals surface area contributed by atoms with E-state index < -0.39 is 44.7 Å². The molecule has 0 aromatic rings. The zero-order chi connectivity index (χ0) is 15.2. The summed E-state index contributed by atoms with van der Waals surface area (Å²) < 4.78 is 14.1. The first-order valence-electron chi connectivity index (χ1n) is 5.03. The van der Waals surface area contributed by atoms with E-state index in [4.69, 9.17) is 4.89 Å². The van der Waals surface area contributed by atoms with E-state index in [9.17, 15) is 34.4 Å². The molecule has 0 radical (unpaired) electrons. The van der Waals surface area contributed by atoms with Gasteiger partial charge in [-0.05, 0) is 0 Å². The predicted molar refractivity (Wildman–Crippen MR) is 57.5 cm³/mol. The molecular formula is C8H15NNaO9P. The Kier molecular flexibility index (Phi) is 11.2. The Morgan fingerprint density at radius 3 is 2.25 bits per heavy atom. The first kappa shape index (κ1) is 22.4. The average molecular weight is 323 g/mol. The van der Waals surface area contributed by atoms with Crippen molar-refractivity contribution in [3.8, 4) is 0 Å². The van der Waals surface area contributed by atoms with Crippen LogP contribution >= 0.6 is 7.82 Å². The predicted octanol–water partition coefficient (Wildman–Crippen LogP) is -6.75. The molecule has 0 aliphatic rings. The smallest absolute Gasteiger partial charge is 0.756 e. The van der Waals surface area contributed by atoms with Crippen LogP contribution in [0, 0.1) is 0 Å². The van der Waals surface area contributed by atoms with E-state index >= 15 is 0 Å². The van der Waals surface area contributed by atoms with Crippen molar-refractivity contribution in [1.82, 2.24) is 5.32 Å². The topological polar surface area (TPSA) is 176 Å². The zero-order valence-corrected chi connectivity index (χ0v) is 13.8. The van der Waals surface area contributed by atoms with E-state index in [1.807, 2.05) is 5.32 Å². The van der Waals surface area contributed by atoms with E-state index in [0.717, 1.165) is 6.92 Å². The Morgan fingerprint density at radius 2 is 1.90 bits per heavy atom. The number of phosphoric acid groups is 1. The average Bonchev–Trinajstić information content (AvgIpc) is 2.29. The van der Waals surface area contributed by atoms with Gasteiger partial charge < -0.3 is 39.7 Å². The maximum absolute atomic E-state index is 10.7. The van der Waals surface area contributed by atoms with Gasteiger partial charge in [0.2, 0.25) is 5.91 Å². The Labute approximate surface area is 136 Å². The minimum Gasteiger partial charge on any atom is -0.756 e. The summed E-state index contributed by atoms with van der Waals surface area (Å²) in [6.45, 7) is 0.0374. The number of nitrogens with one attached hydrogen (secondary N) is 1. The molecule has 0 saturated heterocycles. The fourth-order valence-electron chi connectivity index (χ4n) is 1.14. The third-order valence-electron chi connectivity index (χ3n) is 2.04. The summed E-state index contributed by atoms with van der Waals surface area (Å²) in [5.41, 5.74) is 0. The maximum Gasteiger partial charge on any atom is 1.00 e. The van der Waals surface area contributed by atoms with Gasteiger partial charge in [-0.1, -0.05) is 0 Å². The summed E-state index contributed by atoms with van der Waals surface area (Å²) in [6, 6.07) is -1.49. The van der Waals surface area contributed by atoms with Crippen LogP contribution in [0.3, 0.4) is 0 Å². The molecular weight excluding hydrogens is 308 g/mol. The minimum atomic E-state index is -5.08. The van der Waals surface area contributed by atoms with Crippen LogP contribution in [0.2, 0.25) is 0 Å². The molecule has 0 bridgehead atoms. The van der Waals surface area contributed by atoms with Gasteiger partial charge in [-0.25, -0.2) is 0 Å². The second-order valence-electron chi connectivity index (χ2n) is 3.68. The summed E-state index contributed by atoms with van der Waals surface area (Å²) in [5.74, 6) is -0.659. The Morgan fingerprint density at radius 1 is 1.40 bits per heavy atom. The molecule has 5 atom stereocenters. The molecule has 0 rings (SSSR count). The van der Waals surface area contributed by atoms with E-state index in [-0.39, 0.29) is 35.8 Å². The molecule has 0 heterocycles. The van der Waals surface area contributed by atoms with Crippen molar-refractivity contribution in [2.45, 2.75) is 31.3 Å². The van der Waals surface area contributed by atoms with Gasteiger partial charge in [0.05, 0.1) is 6.61 Å². The Balaban J connectivity index is 0. The van der Waals surface area contributed by atoms with Gasteiger partial charge >= 0.3 is 29.6 Å². The maximum atomic E-state index is 10.7. The minimum absolute atomic E-state index is 0. The van der Waals surface area contributed by atoms with Crippen LogP contribution in [0.5, 0.6) is 0 Å². The van der Waals surface area contributed by atoms with Crippen molar-refractivity contribution in [3.05, 3.63) is 0 Å².